The number of hydrogen-bond donors (Lipinski definition) is 2. The van der Waals surface area contributed by atoms with Crippen LogP contribution in [-0.4, -0.2) is 41.8 Å². The molecule has 6 nitrogen and oxygen atoms in total. The van der Waals surface area contributed by atoms with Crippen LogP contribution in [0.1, 0.15) is 57.6 Å². The summed E-state index contributed by atoms with van der Waals surface area (Å²) in [6, 6.07) is 6.08. The molecule has 1 amide bonds. The number of carboxylic acids is 1. The molecule has 1 fully saturated rings. The van der Waals surface area contributed by atoms with E-state index in [0.717, 1.165) is 23.3 Å². The molecule has 2 unspecified atom stereocenters. The zero-order chi connectivity index (χ0) is 20.9. The van der Waals surface area contributed by atoms with Crippen molar-refractivity contribution in [3.05, 3.63) is 29.3 Å². The second-order valence-corrected chi connectivity index (χ2v) is 8.20. The van der Waals surface area contributed by atoms with Crippen LogP contribution in [0.15, 0.2) is 18.2 Å². The van der Waals surface area contributed by atoms with Gasteiger partial charge in [0.2, 0.25) is 5.91 Å². The van der Waals surface area contributed by atoms with Crippen LogP contribution in [-0.2, 0) is 14.3 Å². The standard InChI is InChI=1S/C22H33NO5/c1-6-27-18-14-22(20(25)26,21(18,4)5)23-19(24)9-7-8-12-28-17-13-15(2)10-11-16(17)3/h10-11,13,18H,6-9,12,14H2,1-5H3,(H,23,24)(H,25,26). The van der Waals surface area contributed by atoms with Crippen molar-refractivity contribution >= 4 is 11.9 Å². The number of ether oxygens (including phenoxy) is 2. The van der Waals surface area contributed by atoms with Crippen molar-refractivity contribution in [2.45, 2.75) is 71.9 Å². The van der Waals surface area contributed by atoms with Crippen LogP contribution in [0.4, 0.5) is 0 Å². The summed E-state index contributed by atoms with van der Waals surface area (Å²) in [6.07, 6.45) is 1.78. The summed E-state index contributed by atoms with van der Waals surface area (Å²) in [7, 11) is 0. The number of amides is 1. The summed E-state index contributed by atoms with van der Waals surface area (Å²) in [5, 5.41) is 12.5. The molecule has 2 rings (SSSR count). The third-order valence-electron chi connectivity index (χ3n) is 5.88. The van der Waals surface area contributed by atoms with E-state index in [1.165, 1.54) is 0 Å². The first-order chi connectivity index (χ1) is 13.1. The van der Waals surface area contributed by atoms with Crippen LogP contribution in [0.3, 0.4) is 0 Å². The molecule has 28 heavy (non-hydrogen) atoms. The number of nitrogens with one attached hydrogen (secondary N) is 1. The maximum absolute atomic E-state index is 12.4. The molecule has 1 aliphatic rings. The van der Waals surface area contributed by atoms with Gasteiger partial charge in [-0.25, -0.2) is 4.79 Å². The van der Waals surface area contributed by atoms with Gasteiger partial charge in [-0.3, -0.25) is 4.79 Å². The number of unbranched alkanes of at least 4 members (excludes halogenated alkanes) is 1. The molecule has 1 saturated carbocycles. The average Bonchev–Trinajstić information content (AvgIpc) is 2.62. The first-order valence-electron chi connectivity index (χ1n) is 10.00. The highest BCUT2D eigenvalue weighted by molar-refractivity contribution is 5.89. The molecular weight excluding hydrogens is 358 g/mol. The zero-order valence-electron chi connectivity index (χ0n) is 17.6. The topological polar surface area (TPSA) is 84.9 Å². The van der Waals surface area contributed by atoms with Gasteiger partial charge in [-0.15, -0.1) is 0 Å². The van der Waals surface area contributed by atoms with E-state index in [0.29, 0.717) is 26.1 Å². The van der Waals surface area contributed by atoms with Gasteiger partial charge < -0.3 is 19.9 Å². The Morgan fingerprint density at radius 3 is 2.57 bits per heavy atom. The van der Waals surface area contributed by atoms with Crippen molar-refractivity contribution in [3.8, 4) is 5.75 Å². The molecular formula is C22H33NO5. The van der Waals surface area contributed by atoms with Gasteiger partial charge in [-0.1, -0.05) is 26.0 Å². The van der Waals surface area contributed by atoms with Crippen LogP contribution in [0.2, 0.25) is 0 Å². The largest absolute Gasteiger partial charge is 0.493 e. The Balaban J connectivity index is 1.80. The van der Waals surface area contributed by atoms with Crippen LogP contribution in [0.5, 0.6) is 5.75 Å². The number of hydrogen-bond acceptors (Lipinski definition) is 4. The molecule has 0 radical (unpaired) electrons. The highest BCUT2D eigenvalue weighted by Crippen LogP contribution is 2.51. The number of carboxylic acid groups (broad SMARTS) is 1. The Morgan fingerprint density at radius 1 is 1.25 bits per heavy atom. The van der Waals surface area contributed by atoms with E-state index in [9.17, 15) is 14.7 Å². The minimum Gasteiger partial charge on any atom is -0.493 e. The highest BCUT2D eigenvalue weighted by atomic mass is 16.5. The number of rotatable bonds is 10. The second kappa shape index (κ2) is 8.95. The lowest BCUT2D eigenvalue weighted by Crippen LogP contribution is -2.76. The number of benzene rings is 1. The van der Waals surface area contributed by atoms with Crippen molar-refractivity contribution in [2.75, 3.05) is 13.2 Å². The van der Waals surface area contributed by atoms with Gasteiger partial charge in [0.25, 0.3) is 0 Å². The number of aryl methyl sites for hydroxylation is 2. The first-order valence-corrected chi connectivity index (χ1v) is 10.00. The van der Waals surface area contributed by atoms with Crippen molar-refractivity contribution in [2.24, 2.45) is 5.41 Å². The zero-order valence-corrected chi connectivity index (χ0v) is 17.6. The van der Waals surface area contributed by atoms with Gasteiger partial charge in [-0.05, 0) is 50.8 Å². The Hall–Kier alpha value is -2.08. The smallest absolute Gasteiger partial charge is 0.330 e. The lowest BCUT2D eigenvalue weighted by Gasteiger charge is -2.58. The van der Waals surface area contributed by atoms with E-state index in [4.69, 9.17) is 9.47 Å². The summed E-state index contributed by atoms with van der Waals surface area (Å²) in [5.41, 5.74) is 0.310. The number of aliphatic carboxylic acids is 1. The number of carbonyl (C=O) groups is 2. The summed E-state index contributed by atoms with van der Waals surface area (Å²) in [6.45, 7) is 10.6. The fraction of sp³-hybridized carbons (Fsp3) is 0.636. The number of carbonyl (C=O) groups excluding carboxylic acids is 1. The van der Waals surface area contributed by atoms with Crippen molar-refractivity contribution < 1.29 is 24.2 Å². The van der Waals surface area contributed by atoms with Gasteiger partial charge in [-0.2, -0.15) is 0 Å². The predicted octanol–water partition coefficient (Wildman–Crippen LogP) is 3.63. The second-order valence-electron chi connectivity index (χ2n) is 8.20. The molecule has 6 heteroatoms. The minimum absolute atomic E-state index is 0.167. The molecule has 0 spiro atoms. The normalized spacial score (nSPS) is 23.0. The molecule has 0 saturated heterocycles. The average molecular weight is 392 g/mol. The molecule has 0 aromatic heterocycles. The van der Waals surface area contributed by atoms with E-state index in [-0.39, 0.29) is 18.4 Å². The fourth-order valence-corrected chi connectivity index (χ4v) is 3.77. The lowest BCUT2D eigenvalue weighted by molar-refractivity contribution is -0.194. The molecule has 1 aliphatic carbocycles. The summed E-state index contributed by atoms with van der Waals surface area (Å²) in [5.74, 6) is -0.371. The van der Waals surface area contributed by atoms with E-state index < -0.39 is 16.9 Å². The molecule has 1 aromatic rings. The molecule has 0 aliphatic heterocycles. The van der Waals surface area contributed by atoms with Crippen molar-refractivity contribution in [3.63, 3.8) is 0 Å². The Bertz CT molecular complexity index is 715. The Kier molecular flexibility index (Phi) is 7.10. The van der Waals surface area contributed by atoms with Crippen molar-refractivity contribution in [1.82, 2.24) is 5.32 Å². The first kappa shape index (κ1) is 22.2. The van der Waals surface area contributed by atoms with Crippen LogP contribution in [0.25, 0.3) is 0 Å². The van der Waals surface area contributed by atoms with Crippen LogP contribution in [0, 0.1) is 19.3 Å². The highest BCUT2D eigenvalue weighted by Gasteiger charge is 2.66. The van der Waals surface area contributed by atoms with Crippen LogP contribution >= 0.6 is 0 Å². The third kappa shape index (κ3) is 4.49. The quantitative estimate of drug-likeness (QED) is 0.595. The minimum atomic E-state index is -1.26. The summed E-state index contributed by atoms with van der Waals surface area (Å²) in [4.78, 5) is 24.3. The fourth-order valence-electron chi connectivity index (χ4n) is 3.77. The van der Waals surface area contributed by atoms with E-state index in [2.05, 4.69) is 5.32 Å². The van der Waals surface area contributed by atoms with Crippen LogP contribution < -0.4 is 10.1 Å². The van der Waals surface area contributed by atoms with Crippen molar-refractivity contribution in [1.29, 1.82) is 0 Å². The van der Waals surface area contributed by atoms with E-state index in [1.54, 1.807) is 0 Å². The molecule has 2 atom stereocenters. The third-order valence-corrected chi connectivity index (χ3v) is 5.88. The molecule has 1 aromatic carbocycles. The molecule has 2 N–H and O–H groups in total. The van der Waals surface area contributed by atoms with E-state index in [1.807, 2.05) is 52.8 Å². The lowest BCUT2D eigenvalue weighted by atomic mass is 9.54. The summed E-state index contributed by atoms with van der Waals surface area (Å²) < 4.78 is 11.4. The van der Waals surface area contributed by atoms with Gasteiger partial charge in [0.1, 0.15) is 11.3 Å². The van der Waals surface area contributed by atoms with E-state index >= 15 is 0 Å². The Morgan fingerprint density at radius 2 is 1.96 bits per heavy atom. The predicted molar refractivity (Wildman–Crippen MR) is 108 cm³/mol. The monoisotopic (exact) mass is 391 g/mol. The van der Waals surface area contributed by atoms with Gasteiger partial charge in [0.15, 0.2) is 0 Å². The Labute approximate surface area is 167 Å². The molecule has 0 bridgehead atoms. The SMILES string of the molecule is CCOC1CC(NC(=O)CCCCOc2cc(C)ccc2C)(C(=O)O)C1(C)C. The van der Waals surface area contributed by atoms with Gasteiger partial charge in [0, 0.05) is 24.9 Å². The molecule has 0 heterocycles. The maximum Gasteiger partial charge on any atom is 0.330 e. The summed E-state index contributed by atoms with van der Waals surface area (Å²) >= 11 is 0. The van der Waals surface area contributed by atoms with Gasteiger partial charge in [0.05, 0.1) is 12.7 Å². The molecule has 156 valence electrons. The maximum atomic E-state index is 12.4. The van der Waals surface area contributed by atoms with Gasteiger partial charge >= 0.3 is 5.97 Å².